The summed E-state index contributed by atoms with van der Waals surface area (Å²) in [7, 11) is 0. The van der Waals surface area contributed by atoms with Gasteiger partial charge in [-0.05, 0) is 19.3 Å². The number of aromatic carboxylic acids is 1. The maximum absolute atomic E-state index is 12.5. The lowest BCUT2D eigenvalue weighted by Gasteiger charge is -2.39. The SMILES string of the molecule is CCCCOc1cc2c(nc1Cl)-c1cc(=O)c(C(=O)O)cn1C1(CCCCC1)CO2. The van der Waals surface area contributed by atoms with Crippen LogP contribution in [0.3, 0.4) is 0 Å². The van der Waals surface area contributed by atoms with Crippen molar-refractivity contribution in [1.82, 2.24) is 9.55 Å². The largest absolute Gasteiger partial charge is 0.490 e. The highest BCUT2D eigenvalue weighted by molar-refractivity contribution is 6.31. The van der Waals surface area contributed by atoms with Gasteiger partial charge in [-0.25, -0.2) is 9.78 Å². The van der Waals surface area contributed by atoms with Crippen LogP contribution in [-0.4, -0.2) is 33.8 Å². The van der Waals surface area contributed by atoms with E-state index in [2.05, 4.69) is 11.9 Å². The number of ether oxygens (including phenoxy) is 2. The van der Waals surface area contributed by atoms with Gasteiger partial charge in [-0.2, -0.15) is 0 Å². The Hall–Kier alpha value is -2.54. The molecule has 1 saturated carbocycles. The third-order valence-electron chi connectivity index (χ3n) is 5.98. The lowest BCUT2D eigenvalue weighted by atomic mass is 9.81. The molecular formula is C22H25ClN2O5. The van der Waals surface area contributed by atoms with E-state index in [0.29, 0.717) is 36.1 Å². The van der Waals surface area contributed by atoms with Crippen molar-refractivity contribution in [3.05, 3.63) is 39.3 Å². The second-order valence-electron chi connectivity index (χ2n) is 8.01. The number of aromatic nitrogens is 2. The van der Waals surface area contributed by atoms with Crippen molar-refractivity contribution in [3.8, 4) is 22.9 Å². The zero-order valence-corrected chi connectivity index (χ0v) is 17.7. The number of carboxylic acid groups (broad SMARTS) is 1. The number of hydrogen-bond donors (Lipinski definition) is 1. The molecule has 0 amide bonds. The van der Waals surface area contributed by atoms with Crippen LogP contribution in [0.4, 0.5) is 0 Å². The normalized spacial score (nSPS) is 16.9. The Kier molecular flexibility index (Phi) is 5.73. The molecule has 1 aliphatic carbocycles. The van der Waals surface area contributed by atoms with E-state index in [0.717, 1.165) is 44.9 Å². The standard InChI is InChI=1S/C22H25ClN2O5/c1-2-3-9-29-18-11-17-19(24-20(18)23)15-10-16(26)14(21(27)28)12-25(15)22(13-30-17)7-5-4-6-8-22/h10-12H,2-9,13H2,1H3,(H,27,28). The minimum Gasteiger partial charge on any atom is -0.490 e. The van der Waals surface area contributed by atoms with Crippen LogP contribution >= 0.6 is 11.6 Å². The molecule has 0 radical (unpaired) electrons. The molecule has 1 fully saturated rings. The molecule has 2 aliphatic rings. The van der Waals surface area contributed by atoms with Crippen LogP contribution in [0.1, 0.15) is 62.2 Å². The van der Waals surface area contributed by atoms with Crippen LogP contribution in [-0.2, 0) is 5.54 Å². The highest BCUT2D eigenvalue weighted by Crippen LogP contribution is 2.44. The lowest BCUT2D eigenvalue weighted by Crippen LogP contribution is -2.42. The maximum atomic E-state index is 12.5. The maximum Gasteiger partial charge on any atom is 0.341 e. The third kappa shape index (κ3) is 3.67. The molecule has 0 atom stereocenters. The van der Waals surface area contributed by atoms with Gasteiger partial charge in [0, 0.05) is 18.3 Å². The van der Waals surface area contributed by atoms with Crippen LogP contribution in [0.5, 0.6) is 11.5 Å². The van der Waals surface area contributed by atoms with E-state index in [-0.39, 0.29) is 10.7 Å². The molecule has 7 nitrogen and oxygen atoms in total. The summed E-state index contributed by atoms with van der Waals surface area (Å²) in [5, 5.41) is 9.69. The van der Waals surface area contributed by atoms with E-state index >= 15 is 0 Å². The zero-order valence-electron chi connectivity index (χ0n) is 16.9. The Balaban J connectivity index is 1.88. The number of fused-ring (bicyclic) bond motifs is 4. The average molecular weight is 433 g/mol. The fourth-order valence-corrected chi connectivity index (χ4v) is 4.52. The first-order valence-electron chi connectivity index (χ1n) is 10.4. The van der Waals surface area contributed by atoms with Crippen molar-refractivity contribution < 1.29 is 19.4 Å². The van der Waals surface area contributed by atoms with E-state index in [9.17, 15) is 14.7 Å². The summed E-state index contributed by atoms with van der Waals surface area (Å²) in [5.74, 6) is -0.304. The predicted octanol–water partition coefficient (Wildman–Crippen LogP) is 4.49. The van der Waals surface area contributed by atoms with Gasteiger partial charge < -0.3 is 19.1 Å². The molecule has 2 aromatic heterocycles. The quantitative estimate of drug-likeness (QED) is 0.552. The highest BCUT2D eigenvalue weighted by atomic mass is 35.5. The number of pyridine rings is 2. The second kappa shape index (κ2) is 8.30. The smallest absolute Gasteiger partial charge is 0.341 e. The van der Waals surface area contributed by atoms with E-state index in [1.165, 1.54) is 12.3 Å². The number of halogens is 1. The summed E-state index contributed by atoms with van der Waals surface area (Å²) in [6, 6.07) is 3.07. The first-order chi connectivity index (χ1) is 14.4. The van der Waals surface area contributed by atoms with Crippen LogP contribution in [0.15, 0.2) is 23.1 Å². The zero-order chi connectivity index (χ0) is 21.3. The molecule has 4 rings (SSSR count). The third-order valence-corrected chi connectivity index (χ3v) is 6.25. The van der Waals surface area contributed by atoms with Crippen molar-refractivity contribution in [2.75, 3.05) is 13.2 Å². The van der Waals surface area contributed by atoms with Crippen molar-refractivity contribution >= 4 is 17.6 Å². The van der Waals surface area contributed by atoms with E-state index in [1.807, 2.05) is 4.57 Å². The van der Waals surface area contributed by atoms with Gasteiger partial charge in [0.25, 0.3) is 0 Å². The molecule has 30 heavy (non-hydrogen) atoms. The van der Waals surface area contributed by atoms with Crippen LogP contribution in [0, 0.1) is 0 Å². The molecule has 1 aliphatic heterocycles. The van der Waals surface area contributed by atoms with Crippen molar-refractivity contribution in [2.45, 2.75) is 57.4 Å². The van der Waals surface area contributed by atoms with Gasteiger partial charge in [0.05, 0.1) is 17.8 Å². The van der Waals surface area contributed by atoms with Crippen LogP contribution in [0.2, 0.25) is 5.15 Å². The van der Waals surface area contributed by atoms with Gasteiger partial charge >= 0.3 is 5.97 Å². The van der Waals surface area contributed by atoms with E-state index in [1.54, 1.807) is 6.07 Å². The average Bonchev–Trinajstić information content (AvgIpc) is 2.84. The first kappa shape index (κ1) is 20.7. The molecule has 160 valence electrons. The Bertz CT molecular complexity index is 1030. The number of hydrogen-bond acceptors (Lipinski definition) is 5. The second-order valence-corrected chi connectivity index (χ2v) is 8.37. The minimum atomic E-state index is -1.24. The Morgan fingerprint density at radius 2 is 2.10 bits per heavy atom. The topological polar surface area (TPSA) is 90.6 Å². The van der Waals surface area contributed by atoms with Gasteiger partial charge in [-0.15, -0.1) is 0 Å². The fraction of sp³-hybridized carbons (Fsp3) is 0.500. The fourth-order valence-electron chi connectivity index (χ4n) is 4.32. The number of carbonyl (C=O) groups is 1. The molecule has 1 N–H and O–H groups in total. The van der Waals surface area contributed by atoms with Crippen LogP contribution in [0.25, 0.3) is 11.4 Å². The van der Waals surface area contributed by atoms with Gasteiger partial charge in [0.1, 0.15) is 17.9 Å². The van der Waals surface area contributed by atoms with E-state index in [4.69, 9.17) is 21.1 Å². The number of rotatable bonds is 5. The minimum absolute atomic E-state index is 0.189. The van der Waals surface area contributed by atoms with Crippen molar-refractivity contribution in [2.24, 2.45) is 0 Å². The molecule has 0 bridgehead atoms. The molecule has 0 unspecified atom stereocenters. The van der Waals surface area contributed by atoms with Gasteiger partial charge in [0.15, 0.2) is 22.1 Å². The van der Waals surface area contributed by atoms with E-state index < -0.39 is 16.9 Å². The summed E-state index contributed by atoms with van der Waals surface area (Å²) in [5.41, 5.74) is -0.283. The molecule has 8 heteroatoms. The van der Waals surface area contributed by atoms with Gasteiger partial charge in [-0.1, -0.05) is 44.2 Å². The van der Waals surface area contributed by atoms with Gasteiger partial charge in [0.2, 0.25) is 0 Å². The lowest BCUT2D eigenvalue weighted by molar-refractivity contribution is 0.0690. The first-order valence-corrected chi connectivity index (χ1v) is 10.8. The summed E-state index contributed by atoms with van der Waals surface area (Å²) < 4.78 is 13.9. The predicted molar refractivity (Wildman–Crippen MR) is 113 cm³/mol. The molecular weight excluding hydrogens is 408 g/mol. The summed E-state index contributed by atoms with van der Waals surface area (Å²) in [4.78, 5) is 28.7. The highest BCUT2D eigenvalue weighted by Gasteiger charge is 2.39. The molecule has 1 spiro atoms. The number of nitrogens with zero attached hydrogens (tertiary/aromatic N) is 2. The molecule has 0 saturated heterocycles. The monoisotopic (exact) mass is 432 g/mol. The molecule has 2 aromatic rings. The molecule has 3 heterocycles. The van der Waals surface area contributed by atoms with Crippen molar-refractivity contribution in [1.29, 1.82) is 0 Å². The Morgan fingerprint density at radius 1 is 1.33 bits per heavy atom. The summed E-state index contributed by atoms with van der Waals surface area (Å²) in [6.45, 7) is 2.97. The number of carboxylic acids is 1. The summed E-state index contributed by atoms with van der Waals surface area (Å²) >= 11 is 6.39. The molecule has 0 aromatic carbocycles. The number of unbranched alkanes of at least 4 members (excludes halogenated alkanes) is 1. The Morgan fingerprint density at radius 3 is 2.80 bits per heavy atom. The van der Waals surface area contributed by atoms with Gasteiger partial charge in [-0.3, -0.25) is 4.79 Å². The summed E-state index contributed by atoms with van der Waals surface area (Å²) in [6.07, 6.45) is 8.15. The van der Waals surface area contributed by atoms with Crippen LogP contribution < -0.4 is 14.9 Å². The Labute approximate surface area is 179 Å². The van der Waals surface area contributed by atoms with Crippen molar-refractivity contribution in [3.63, 3.8) is 0 Å².